The van der Waals surface area contributed by atoms with Crippen molar-refractivity contribution in [2.45, 2.75) is 19.1 Å². The first-order chi connectivity index (χ1) is 17.2. The Morgan fingerprint density at radius 1 is 0.833 bits per heavy atom. The number of aromatic nitrogens is 3. The molecule has 0 amide bonds. The summed E-state index contributed by atoms with van der Waals surface area (Å²) in [5.41, 5.74) is 2.06. The number of rotatable bonds is 7. The van der Waals surface area contributed by atoms with E-state index in [-0.39, 0.29) is 12.2 Å². The number of halogens is 3. The van der Waals surface area contributed by atoms with Crippen molar-refractivity contribution in [1.82, 2.24) is 13.7 Å². The van der Waals surface area contributed by atoms with Crippen molar-refractivity contribution in [3.05, 3.63) is 127 Å². The summed E-state index contributed by atoms with van der Waals surface area (Å²) < 4.78 is 50.2. The van der Waals surface area contributed by atoms with Gasteiger partial charge in [0.05, 0.1) is 25.5 Å². The Kier molecular flexibility index (Phi) is 6.93. The quantitative estimate of drug-likeness (QED) is 0.422. The zero-order valence-corrected chi connectivity index (χ0v) is 19.0. The van der Waals surface area contributed by atoms with Crippen LogP contribution >= 0.6 is 0 Å². The van der Waals surface area contributed by atoms with Gasteiger partial charge in [-0.1, -0.05) is 42.5 Å². The van der Waals surface area contributed by atoms with Gasteiger partial charge in [0.15, 0.2) is 11.6 Å². The topological polar surface area (TPSA) is 101 Å². The molecule has 1 aromatic heterocycles. The molecule has 8 nitrogen and oxygen atoms in total. The highest BCUT2D eigenvalue weighted by Crippen LogP contribution is 2.21. The van der Waals surface area contributed by atoms with E-state index in [0.29, 0.717) is 19.3 Å². The molecule has 186 valence electrons. The lowest BCUT2D eigenvalue weighted by atomic mass is 10.1. The highest BCUT2D eigenvalue weighted by Gasteiger charge is 2.24. The van der Waals surface area contributed by atoms with Crippen LogP contribution in [0.2, 0.25) is 0 Å². The maximum Gasteiger partial charge on any atom is 0.342 e. The van der Waals surface area contributed by atoms with Crippen molar-refractivity contribution in [3.63, 3.8) is 0 Å². The van der Waals surface area contributed by atoms with Crippen LogP contribution in [-0.2, 0) is 13.0 Å². The van der Waals surface area contributed by atoms with Gasteiger partial charge in [-0.15, -0.1) is 0 Å². The molecule has 0 fully saturated rings. The van der Waals surface area contributed by atoms with Crippen LogP contribution in [0.4, 0.5) is 13.2 Å². The number of nitrogens with two attached hydrogens (primary N) is 1. The molecule has 1 atom stereocenters. The largest absolute Gasteiger partial charge is 0.494 e. The molecule has 0 aliphatic rings. The van der Waals surface area contributed by atoms with Crippen LogP contribution in [0.25, 0.3) is 5.69 Å². The van der Waals surface area contributed by atoms with Gasteiger partial charge in [0, 0.05) is 12.0 Å². The molecule has 3 aromatic carbocycles. The van der Waals surface area contributed by atoms with Gasteiger partial charge in [-0.05, 0) is 29.8 Å². The molecule has 1 heterocycles. The van der Waals surface area contributed by atoms with Gasteiger partial charge in [-0.25, -0.2) is 41.3 Å². The van der Waals surface area contributed by atoms with Crippen LogP contribution in [-0.4, -0.2) is 20.8 Å². The summed E-state index contributed by atoms with van der Waals surface area (Å²) in [4.78, 5) is 40.1. The van der Waals surface area contributed by atoms with E-state index in [1.165, 1.54) is 19.2 Å². The van der Waals surface area contributed by atoms with Crippen LogP contribution in [0.3, 0.4) is 0 Å². The molecule has 0 aliphatic heterocycles. The molecular weight excluding hydrogens is 477 g/mol. The fraction of sp³-hybridized carbons (Fsp3) is 0.160. The van der Waals surface area contributed by atoms with Crippen LogP contribution < -0.4 is 27.5 Å². The summed E-state index contributed by atoms with van der Waals surface area (Å²) in [6.45, 7) is -0.861. The second kappa shape index (κ2) is 10.1. The summed E-state index contributed by atoms with van der Waals surface area (Å²) >= 11 is 0. The third-order valence-electron chi connectivity index (χ3n) is 5.66. The monoisotopic (exact) mass is 498 g/mol. The number of nitrogens with zero attached hydrogens (tertiary/aromatic N) is 3. The van der Waals surface area contributed by atoms with Crippen molar-refractivity contribution in [3.8, 4) is 11.4 Å². The minimum atomic E-state index is -1.30. The first-order valence-corrected chi connectivity index (χ1v) is 10.8. The Bertz CT molecular complexity index is 1580. The van der Waals surface area contributed by atoms with Gasteiger partial charge in [0.25, 0.3) is 0 Å². The van der Waals surface area contributed by atoms with Crippen LogP contribution in [0.15, 0.2) is 81.1 Å². The van der Waals surface area contributed by atoms with Crippen LogP contribution in [0.5, 0.6) is 5.75 Å². The van der Waals surface area contributed by atoms with Crippen molar-refractivity contribution in [2.24, 2.45) is 5.73 Å². The van der Waals surface area contributed by atoms with Crippen molar-refractivity contribution < 1.29 is 17.9 Å². The average molecular weight is 498 g/mol. The standard InChI is InChI=1S/C25H21F3N4O4/c1-36-20-12-6-11-19(22(20)28)31-23(33)30(14-16-17(26)9-5-10-18(16)27)24(34)32(25(31)35)21(29)13-15-7-3-2-4-8-15/h2-12,21H,13-14,29H2,1H3. The molecule has 0 saturated heterocycles. The van der Waals surface area contributed by atoms with Gasteiger partial charge in [0.2, 0.25) is 0 Å². The summed E-state index contributed by atoms with van der Waals surface area (Å²) in [6.07, 6.45) is -1.28. The van der Waals surface area contributed by atoms with E-state index in [4.69, 9.17) is 10.5 Å². The summed E-state index contributed by atoms with van der Waals surface area (Å²) in [5, 5.41) is 0. The van der Waals surface area contributed by atoms with Gasteiger partial charge in [0.1, 0.15) is 11.6 Å². The molecule has 0 saturated carbocycles. The van der Waals surface area contributed by atoms with Gasteiger partial charge in [-0.2, -0.15) is 0 Å². The van der Waals surface area contributed by atoms with Crippen molar-refractivity contribution in [2.75, 3.05) is 7.11 Å². The lowest BCUT2D eigenvalue weighted by molar-refractivity contribution is 0.382. The predicted molar refractivity (Wildman–Crippen MR) is 126 cm³/mol. The summed E-state index contributed by atoms with van der Waals surface area (Å²) in [7, 11) is 1.20. The molecule has 1 unspecified atom stereocenters. The molecule has 0 bridgehead atoms. The van der Waals surface area contributed by atoms with Gasteiger partial charge in [-0.3, -0.25) is 0 Å². The van der Waals surface area contributed by atoms with Crippen molar-refractivity contribution in [1.29, 1.82) is 0 Å². The molecule has 11 heteroatoms. The molecule has 2 N–H and O–H groups in total. The SMILES string of the molecule is COc1cccc(-n2c(=O)n(Cc3c(F)cccc3F)c(=O)n(C(N)Cc3ccccc3)c2=O)c1F. The fourth-order valence-corrected chi connectivity index (χ4v) is 3.85. The first-order valence-electron chi connectivity index (χ1n) is 10.8. The minimum absolute atomic E-state index is 0.00282. The Labute approximate surface area is 202 Å². The molecule has 0 radical (unpaired) electrons. The number of hydrogen-bond acceptors (Lipinski definition) is 5. The second-order valence-corrected chi connectivity index (χ2v) is 7.89. The van der Waals surface area contributed by atoms with E-state index in [9.17, 15) is 23.2 Å². The Balaban J connectivity index is 2.00. The third kappa shape index (κ3) is 4.48. The van der Waals surface area contributed by atoms with E-state index < -0.39 is 58.5 Å². The van der Waals surface area contributed by atoms with E-state index >= 15 is 4.39 Å². The Morgan fingerprint density at radius 3 is 2.11 bits per heavy atom. The first kappa shape index (κ1) is 24.7. The highest BCUT2D eigenvalue weighted by atomic mass is 19.1. The molecule has 4 rings (SSSR count). The van der Waals surface area contributed by atoms with E-state index in [1.807, 2.05) is 0 Å². The van der Waals surface area contributed by atoms with Crippen LogP contribution in [0.1, 0.15) is 17.3 Å². The average Bonchev–Trinajstić information content (AvgIpc) is 2.85. The molecular formula is C25H21F3N4O4. The van der Waals surface area contributed by atoms with E-state index in [0.717, 1.165) is 24.3 Å². The molecule has 0 spiro atoms. The maximum absolute atomic E-state index is 15.1. The zero-order chi connectivity index (χ0) is 26.0. The van der Waals surface area contributed by atoms with E-state index in [1.54, 1.807) is 30.3 Å². The predicted octanol–water partition coefficient (Wildman–Crippen LogP) is 2.34. The smallest absolute Gasteiger partial charge is 0.342 e. The zero-order valence-electron chi connectivity index (χ0n) is 19.0. The molecule has 4 aromatic rings. The lowest BCUT2D eigenvalue weighted by Crippen LogP contribution is -2.56. The Hall–Kier alpha value is -4.38. The van der Waals surface area contributed by atoms with Crippen molar-refractivity contribution >= 4 is 0 Å². The fourth-order valence-electron chi connectivity index (χ4n) is 3.85. The minimum Gasteiger partial charge on any atom is -0.494 e. The van der Waals surface area contributed by atoms with Gasteiger partial charge < -0.3 is 10.5 Å². The van der Waals surface area contributed by atoms with Crippen LogP contribution in [0, 0.1) is 17.5 Å². The maximum atomic E-state index is 15.1. The number of methoxy groups -OCH3 is 1. The Morgan fingerprint density at radius 2 is 1.47 bits per heavy atom. The van der Waals surface area contributed by atoms with Gasteiger partial charge >= 0.3 is 17.1 Å². The number of ether oxygens (including phenoxy) is 1. The highest BCUT2D eigenvalue weighted by molar-refractivity contribution is 5.41. The molecule has 0 aliphatic carbocycles. The summed E-state index contributed by atoms with van der Waals surface area (Å²) in [6, 6.07) is 15.4. The second-order valence-electron chi connectivity index (χ2n) is 7.89. The number of benzene rings is 3. The lowest BCUT2D eigenvalue weighted by Gasteiger charge is -2.19. The third-order valence-corrected chi connectivity index (χ3v) is 5.66. The normalized spacial score (nSPS) is 11.9. The number of hydrogen-bond donors (Lipinski definition) is 1. The molecule has 36 heavy (non-hydrogen) atoms. The summed E-state index contributed by atoms with van der Waals surface area (Å²) in [5.74, 6) is -3.33. The van der Waals surface area contributed by atoms with E-state index in [2.05, 4.69) is 0 Å².